The summed E-state index contributed by atoms with van der Waals surface area (Å²) in [6.07, 6.45) is 1.15. The Labute approximate surface area is 58.9 Å². The largest absolute Gasteiger partial charge is 0.425 e. The standard InChI is InChI=1S/C5H13NOSi2/c1-2-9(6)5-3-4-7-8-9/h2H,1,3-6,8H2. The van der Waals surface area contributed by atoms with Gasteiger partial charge in [-0.1, -0.05) is 5.70 Å². The van der Waals surface area contributed by atoms with Crippen LogP contribution in [0, 0.1) is 0 Å². The van der Waals surface area contributed by atoms with Crippen LogP contribution in [0.3, 0.4) is 0 Å². The van der Waals surface area contributed by atoms with E-state index in [9.17, 15) is 0 Å². The maximum Gasteiger partial charge on any atom is 0.172 e. The molecule has 1 unspecified atom stereocenters. The van der Waals surface area contributed by atoms with Crippen LogP contribution < -0.4 is 5.40 Å². The maximum absolute atomic E-state index is 6.02. The predicted molar refractivity (Wildman–Crippen MR) is 44.1 cm³/mol. The Balaban J connectivity index is 2.46. The molecule has 2 nitrogen and oxygen atoms in total. The summed E-state index contributed by atoms with van der Waals surface area (Å²) in [6.45, 7) is 4.70. The molecule has 1 atom stereocenters. The van der Waals surface area contributed by atoms with Crippen molar-refractivity contribution in [3.8, 4) is 0 Å². The Hall–Kier alpha value is 0.0938. The molecule has 9 heavy (non-hydrogen) atoms. The van der Waals surface area contributed by atoms with Crippen LogP contribution in [0.5, 0.6) is 0 Å². The molecule has 52 valence electrons. The molecule has 0 spiro atoms. The van der Waals surface area contributed by atoms with Crippen LogP contribution in [-0.4, -0.2) is 23.6 Å². The molecule has 0 aromatic heterocycles. The third-order valence-corrected chi connectivity index (χ3v) is 8.99. The van der Waals surface area contributed by atoms with Crippen LogP contribution in [0.15, 0.2) is 12.3 Å². The van der Waals surface area contributed by atoms with Gasteiger partial charge in [-0.2, -0.15) is 0 Å². The van der Waals surface area contributed by atoms with Gasteiger partial charge in [0, 0.05) is 6.61 Å². The summed E-state index contributed by atoms with van der Waals surface area (Å²) < 4.78 is 5.38. The predicted octanol–water partition coefficient (Wildman–Crippen LogP) is -0.383. The molecule has 0 amide bonds. The number of rotatable bonds is 1. The minimum Gasteiger partial charge on any atom is -0.425 e. The van der Waals surface area contributed by atoms with Crippen molar-refractivity contribution in [1.29, 1.82) is 0 Å². The van der Waals surface area contributed by atoms with Crippen molar-refractivity contribution in [2.24, 2.45) is 5.40 Å². The molecule has 0 bridgehead atoms. The lowest BCUT2D eigenvalue weighted by Gasteiger charge is -2.26. The highest BCUT2D eigenvalue weighted by Crippen LogP contribution is 2.11. The molecule has 1 saturated heterocycles. The van der Waals surface area contributed by atoms with Crippen LogP contribution in [0.25, 0.3) is 0 Å². The molecular formula is C5H13NOSi2. The summed E-state index contributed by atoms with van der Waals surface area (Å²) in [6, 6.07) is 1.21. The highest BCUT2D eigenvalue weighted by atomic mass is 29.2. The van der Waals surface area contributed by atoms with Crippen LogP contribution in [0.2, 0.25) is 6.04 Å². The van der Waals surface area contributed by atoms with Gasteiger partial charge in [-0.25, -0.2) is 0 Å². The molecule has 4 heteroatoms. The van der Waals surface area contributed by atoms with E-state index in [1.165, 1.54) is 6.04 Å². The lowest BCUT2D eigenvalue weighted by Crippen LogP contribution is -2.54. The first kappa shape index (κ1) is 7.20. The van der Waals surface area contributed by atoms with Crippen molar-refractivity contribution in [1.82, 2.24) is 0 Å². The molecule has 0 aliphatic carbocycles. The Morgan fingerprint density at radius 1 is 1.78 bits per heavy atom. The Kier molecular flexibility index (Phi) is 2.23. The van der Waals surface area contributed by atoms with Crippen molar-refractivity contribution >= 4 is 17.0 Å². The van der Waals surface area contributed by atoms with Gasteiger partial charge in [0.25, 0.3) is 0 Å². The molecule has 0 radical (unpaired) electrons. The quantitative estimate of drug-likeness (QED) is 0.529. The number of hydrogen-bond donors (Lipinski definition) is 1. The molecule has 0 saturated carbocycles. The van der Waals surface area contributed by atoms with Crippen molar-refractivity contribution in [2.75, 3.05) is 6.61 Å². The highest BCUT2D eigenvalue weighted by Gasteiger charge is 2.28. The minimum atomic E-state index is -1.43. The van der Waals surface area contributed by atoms with Crippen molar-refractivity contribution in [3.63, 3.8) is 0 Å². The molecule has 1 aliphatic rings. The van der Waals surface area contributed by atoms with Gasteiger partial charge in [-0.05, 0) is 12.5 Å². The molecule has 0 aromatic rings. The number of hydrogen-bond acceptors (Lipinski definition) is 2. The lowest BCUT2D eigenvalue weighted by atomic mass is 10.5. The molecule has 1 heterocycles. The summed E-state index contributed by atoms with van der Waals surface area (Å²) in [4.78, 5) is 0. The van der Waals surface area contributed by atoms with Gasteiger partial charge in [-0.15, -0.1) is 6.58 Å². The topological polar surface area (TPSA) is 35.2 Å². The second-order valence-corrected chi connectivity index (χ2v) is 11.5. The van der Waals surface area contributed by atoms with Gasteiger partial charge in [0.05, 0.1) is 0 Å². The third kappa shape index (κ3) is 1.75. The summed E-state index contributed by atoms with van der Waals surface area (Å²) in [5, 5.41) is 6.02. The van der Waals surface area contributed by atoms with Gasteiger partial charge in [-0.3, -0.25) is 0 Å². The summed E-state index contributed by atoms with van der Waals surface area (Å²) in [5.74, 6) is 0. The molecular weight excluding hydrogens is 146 g/mol. The molecule has 1 rings (SSSR count). The second kappa shape index (κ2) is 2.78. The summed E-state index contributed by atoms with van der Waals surface area (Å²) in [7, 11) is -1.81. The van der Waals surface area contributed by atoms with E-state index in [0.717, 1.165) is 13.0 Å². The van der Waals surface area contributed by atoms with E-state index >= 15 is 0 Å². The SMILES string of the molecule is C=C[Si]1(N)CCCO[SiH2]1. The molecule has 2 N–H and O–H groups in total. The van der Waals surface area contributed by atoms with Gasteiger partial charge < -0.3 is 9.83 Å². The average molecular weight is 159 g/mol. The fourth-order valence-electron chi connectivity index (χ4n) is 0.999. The van der Waals surface area contributed by atoms with E-state index in [1.54, 1.807) is 0 Å². The van der Waals surface area contributed by atoms with Crippen LogP contribution >= 0.6 is 0 Å². The Bertz CT molecular complexity index is 112. The first-order chi connectivity index (χ1) is 4.27. The molecule has 0 aromatic carbocycles. The first-order valence-corrected chi connectivity index (χ1v) is 8.54. The summed E-state index contributed by atoms with van der Waals surface area (Å²) in [5.41, 5.74) is 1.98. The average Bonchev–Trinajstić information content (AvgIpc) is 1.90. The Morgan fingerprint density at radius 2 is 2.56 bits per heavy atom. The third-order valence-electron chi connectivity index (χ3n) is 1.71. The van der Waals surface area contributed by atoms with Crippen molar-refractivity contribution in [3.05, 3.63) is 12.3 Å². The summed E-state index contributed by atoms with van der Waals surface area (Å²) >= 11 is 0. The van der Waals surface area contributed by atoms with Gasteiger partial charge in [0.2, 0.25) is 0 Å². The van der Waals surface area contributed by atoms with Gasteiger partial charge in [0.15, 0.2) is 17.0 Å². The Morgan fingerprint density at radius 3 is 2.89 bits per heavy atom. The maximum atomic E-state index is 6.02. The monoisotopic (exact) mass is 159 g/mol. The van der Waals surface area contributed by atoms with Crippen molar-refractivity contribution in [2.45, 2.75) is 12.5 Å². The smallest absolute Gasteiger partial charge is 0.172 e. The second-order valence-electron chi connectivity index (χ2n) is 2.59. The van der Waals surface area contributed by atoms with Crippen LogP contribution in [0.1, 0.15) is 6.42 Å². The van der Waals surface area contributed by atoms with E-state index in [4.69, 9.17) is 9.83 Å². The van der Waals surface area contributed by atoms with Gasteiger partial charge in [0.1, 0.15) is 0 Å². The molecule has 1 aliphatic heterocycles. The number of nitrogens with two attached hydrogens (primary N) is 1. The normalized spacial score (nSPS) is 38.8. The first-order valence-electron chi connectivity index (χ1n) is 3.27. The van der Waals surface area contributed by atoms with Gasteiger partial charge >= 0.3 is 0 Å². The van der Waals surface area contributed by atoms with E-state index in [0.29, 0.717) is 0 Å². The van der Waals surface area contributed by atoms with E-state index in [-0.39, 0.29) is 9.28 Å². The lowest BCUT2D eigenvalue weighted by molar-refractivity contribution is 0.334. The zero-order valence-electron chi connectivity index (χ0n) is 5.60. The fourth-order valence-corrected chi connectivity index (χ4v) is 6.11. The van der Waals surface area contributed by atoms with Crippen molar-refractivity contribution < 1.29 is 4.43 Å². The highest BCUT2D eigenvalue weighted by molar-refractivity contribution is 7.23. The molecule has 1 fully saturated rings. The minimum absolute atomic E-state index is 0.375. The van der Waals surface area contributed by atoms with Crippen LogP contribution in [0.4, 0.5) is 0 Å². The van der Waals surface area contributed by atoms with E-state index < -0.39 is 7.75 Å². The zero-order chi connectivity index (χ0) is 6.74. The fraction of sp³-hybridized carbons (Fsp3) is 0.600. The zero-order valence-corrected chi connectivity index (χ0v) is 8.01. The van der Waals surface area contributed by atoms with Crippen LogP contribution in [-0.2, 0) is 4.43 Å². The van der Waals surface area contributed by atoms with E-state index in [1.807, 2.05) is 5.70 Å². The van der Waals surface area contributed by atoms with E-state index in [2.05, 4.69) is 6.58 Å².